The molecule has 1 atom stereocenters. The van der Waals surface area contributed by atoms with E-state index in [1.54, 1.807) is 0 Å². The first kappa shape index (κ1) is 8.08. The zero-order chi connectivity index (χ0) is 7.40. The summed E-state index contributed by atoms with van der Waals surface area (Å²) in [6.45, 7) is 0. The van der Waals surface area contributed by atoms with Crippen LogP contribution in [-0.4, -0.2) is 22.6 Å². The second-order valence-electron chi connectivity index (χ2n) is 2.56. The fourth-order valence-corrected chi connectivity index (χ4v) is 2.00. The van der Waals surface area contributed by atoms with E-state index in [1.807, 2.05) is 0 Å². The third kappa shape index (κ3) is 1.99. The summed E-state index contributed by atoms with van der Waals surface area (Å²) < 4.78 is 0. The van der Waals surface area contributed by atoms with Crippen molar-refractivity contribution in [3.8, 4) is 0 Å². The molecule has 58 valence electrons. The molecule has 1 rings (SSSR count). The molecule has 0 aromatic rings. The Kier molecular flexibility index (Phi) is 3.22. The lowest BCUT2D eigenvalue weighted by atomic mass is 10.1. The molecule has 0 saturated heterocycles. The van der Waals surface area contributed by atoms with Crippen LogP contribution in [0.4, 0.5) is 0 Å². The van der Waals surface area contributed by atoms with Crippen LogP contribution in [0.2, 0.25) is 0 Å². The van der Waals surface area contributed by atoms with Crippen molar-refractivity contribution in [3.05, 3.63) is 0 Å². The van der Waals surface area contributed by atoms with E-state index in [2.05, 4.69) is 0 Å². The van der Waals surface area contributed by atoms with Gasteiger partial charge in [-0.15, -0.1) is 11.8 Å². The number of aliphatic hydroxyl groups excluding tert-OH is 1. The number of carbonyl (C=O) groups is 1. The molecule has 3 heteroatoms. The number of hydrogen-bond acceptors (Lipinski definition) is 3. The lowest BCUT2D eigenvalue weighted by Gasteiger charge is -2.03. The molecule has 2 nitrogen and oxygen atoms in total. The van der Waals surface area contributed by atoms with Gasteiger partial charge in [-0.1, -0.05) is 0 Å². The smallest absolute Gasteiger partial charge is 0.136 e. The average Bonchev–Trinajstić information content (AvgIpc) is 2.31. The molecule has 0 amide bonds. The molecular formula is C7H12O2S. The molecule has 0 aliphatic heterocycles. The topological polar surface area (TPSA) is 37.3 Å². The van der Waals surface area contributed by atoms with Crippen LogP contribution in [0.3, 0.4) is 0 Å². The van der Waals surface area contributed by atoms with Gasteiger partial charge in [0.1, 0.15) is 5.78 Å². The van der Waals surface area contributed by atoms with Crippen LogP contribution in [0.5, 0.6) is 0 Å². The first-order valence-electron chi connectivity index (χ1n) is 3.56. The van der Waals surface area contributed by atoms with Crippen molar-refractivity contribution in [2.45, 2.75) is 19.3 Å². The molecule has 1 unspecified atom stereocenters. The summed E-state index contributed by atoms with van der Waals surface area (Å²) in [7, 11) is 0. The van der Waals surface area contributed by atoms with Crippen LogP contribution >= 0.6 is 11.8 Å². The Balaban J connectivity index is 2.20. The summed E-state index contributed by atoms with van der Waals surface area (Å²) in [6.07, 6.45) is 2.85. The zero-order valence-electron chi connectivity index (χ0n) is 5.88. The fourth-order valence-electron chi connectivity index (χ4n) is 1.26. The molecular weight excluding hydrogens is 148 g/mol. The summed E-state index contributed by atoms with van der Waals surface area (Å²) in [6, 6.07) is 0. The third-order valence-electron chi connectivity index (χ3n) is 1.84. The highest BCUT2D eigenvalue weighted by molar-refractivity contribution is 7.99. The van der Waals surface area contributed by atoms with Gasteiger partial charge in [0.15, 0.2) is 0 Å². The van der Waals surface area contributed by atoms with Crippen molar-refractivity contribution in [1.29, 1.82) is 0 Å². The minimum Gasteiger partial charge on any atom is -0.386 e. The maximum Gasteiger partial charge on any atom is 0.136 e. The van der Waals surface area contributed by atoms with E-state index >= 15 is 0 Å². The predicted octanol–water partition coefficient (Wildman–Crippen LogP) is 1.04. The second kappa shape index (κ2) is 3.98. The Bertz CT molecular complexity index is 125. The largest absolute Gasteiger partial charge is 0.386 e. The lowest BCUT2D eigenvalue weighted by molar-refractivity contribution is -0.120. The Hall–Kier alpha value is -0.0200. The Morgan fingerprint density at radius 3 is 3.00 bits per heavy atom. The second-order valence-corrected chi connectivity index (χ2v) is 3.56. The molecule has 0 aromatic heterocycles. The summed E-state index contributed by atoms with van der Waals surface area (Å²) in [5.74, 6) is 1.59. The SMILES string of the molecule is O=C1CCCC1CSCO. The Morgan fingerprint density at radius 2 is 2.50 bits per heavy atom. The summed E-state index contributed by atoms with van der Waals surface area (Å²) in [5.41, 5.74) is 0. The number of ketones is 1. The fraction of sp³-hybridized carbons (Fsp3) is 0.857. The van der Waals surface area contributed by atoms with Crippen LogP contribution < -0.4 is 0 Å². The normalized spacial score (nSPS) is 25.7. The highest BCUT2D eigenvalue weighted by atomic mass is 32.2. The molecule has 1 saturated carbocycles. The van der Waals surface area contributed by atoms with Crippen molar-refractivity contribution < 1.29 is 9.90 Å². The predicted molar refractivity (Wildman–Crippen MR) is 41.9 cm³/mol. The van der Waals surface area contributed by atoms with E-state index in [0.717, 1.165) is 25.0 Å². The number of thioether (sulfide) groups is 1. The highest BCUT2D eigenvalue weighted by Gasteiger charge is 2.23. The van der Waals surface area contributed by atoms with Gasteiger partial charge in [-0.25, -0.2) is 0 Å². The van der Waals surface area contributed by atoms with Gasteiger partial charge >= 0.3 is 0 Å². The molecule has 0 radical (unpaired) electrons. The third-order valence-corrected chi connectivity index (χ3v) is 2.66. The van der Waals surface area contributed by atoms with Crippen LogP contribution in [0, 0.1) is 5.92 Å². The quantitative estimate of drug-likeness (QED) is 0.627. The van der Waals surface area contributed by atoms with E-state index < -0.39 is 0 Å². The number of Topliss-reactive ketones (excluding diaryl/α,β-unsaturated/α-hetero) is 1. The van der Waals surface area contributed by atoms with Gasteiger partial charge in [0.25, 0.3) is 0 Å². The first-order valence-corrected chi connectivity index (χ1v) is 4.71. The van der Waals surface area contributed by atoms with E-state index in [9.17, 15) is 4.79 Å². The van der Waals surface area contributed by atoms with Gasteiger partial charge in [-0.05, 0) is 12.8 Å². The molecule has 0 heterocycles. The maximum absolute atomic E-state index is 11.0. The van der Waals surface area contributed by atoms with Crippen molar-refractivity contribution in [2.24, 2.45) is 5.92 Å². The van der Waals surface area contributed by atoms with E-state index in [1.165, 1.54) is 11.8 Å². The molecule has 1 fully saturated rings. The standard InChI is InChI=1S/C7H12O2S/c8-5-10-4-6-2-1-3-7(6)9/h6,8H,1-5H2. The van der Waals surface area contributed by atoms with E-state index in [0.29, 0.717) is 5.78 Å². The molecule has 0 bridgehead atoms. The van der Waals surface area contributed by atoms with Gasteiger partial charge in [0.2, 0.25) is 0 Å². The molecule has 1 N–H and O–H groups in total. The zero-order valence-corrected chi connectivity index (χ0v) is 6.69. The Morgan fingerprint density at radius 1 is 1.70 bits per heavy atom. The summed E-state index contributed by atoms with van der Waals surface area (Å²) in [5, 5.41) is 8.46. The number of rotatable bonds is 3. The van der Waals surface area contributed by atoms with Gasteiger partial charge in [0.05, 0.1) is 5.94 Å². The van der Waals surface area contributed by atoms with Crippen molar-refractivity contribution in [2.75, 3.05) is 11.7 Å². The maximum atomic E-state index is 11.0. The van der Waals surface area contributed by atoms with Crippen molar-refractivity contribution in [1.82, 2.24) is 0 Å². The minimum absolute atomic E-state index is 0.143. The van der Waals surface area contributed by atoms with E-state index in [-0.39, 0.29) is 11.9 Å². The van der Waals surface area contributed by atoms with Gasteiger partial charge in [-0.2, -0.15) is 0 Å². The molecule has 10 heavy (non-hydrogen) atoms. The first-order chi connectivity index (χ1) is 4.84. The van der Waals surface area contributed by atoms with Gasteiger partial charge in [-0.3, -0.25) is 4.79 Å². The molecule has 1 aliphatic rings. The number of aliphatic hydroxyl groups is 1. The van der Waals surface area contributed by atoms with Gasteiger partial charge in [0, 0.05) is 18.1 Å². The van der Waals surface area contributed by atoms with E-state index in [4.69, 9.17) is 5.11 Å². The van der Waals surface area contributed by atoms with Crippen LogP contribution in [0.1, 0.15) is 19.3 Å². The lowest BCUT2D eigenvalue weighted by Crippen LogP contribution is -2.08. The van der Waals surface area contributed by atoms with Crippen LogP contribution in [-0.2, 0) is 4.79 Å². The monoisotopic (exact) mass is 160 g/mol. The highest BCUT2D eigenvalue weighted by Crippen LogP contribution is 2.24. The average molecular weight is 160 g/mol. The van der Waals surface area contributed by atoms with Crippen molar-refractivity contribution >= 4 is 17.5 Å². The van der Waals surface area contributed by atoms with Crippen LogP contribution in [0.25, 0.3) is 0 Å². The molecule has 0 aromatic carbocycles. The number of carbonyl (C=O) groups excluding carboxylic acids is 1. The van der Waals surface area contributed by atoms with Crippen molar-refractivity contribution in [3.63, 3.8) is 0 Å². The van der Waals surface area contributed by atoms with Gasteiger partial charge < -0.3 is 5.11 Å². The molecule has 1 aliphatic carbocycles. The number of hydrogen-bond donors (Lipinski definition) is 1. The minimum atomic E-state index is 0.143. The molecule has 0 spiro atoms. The summed E-state index contributed by atoms with van der Waals surface area (Å²) >= 11 is 1.44. The Labute approximate surface area is 65.0 Å². The summed E-state index contributed by atoms with van der Waals surface area (Å²) in [4.78, 5) is 11.0. The van der Waals surface area contributed by atoms with Crippen LogP contribution in [0.15, 0.2) is 0 Å².